The van der Waals surface area contributed by atoms with Crippen LogP contribution in [0.3, 0.4) is 0 Å². The van der Waals surface area contributed by atoms with Crippen molar-refractivity contribution in [3.05, 3.63) is 5.28 Å². The lowest BCUT2D eigenvalue weighted by molar-refractivity contribution is 0.105. The third kappa shape index (κ3) is 3.41. The van der Waals surface area contributed by atoms with Crippen LogP contribution >= 0.6 is 11.6 Å². The zero-order valence-electron chi connectivity index (χ0n) is 9.98. The normalized spacial score (nSPS) is 18.1. The van der Waals surface area contributed by atoms with Crippen molar-refractivity contribution in [2.24, 2.45) is 0 Å². The SMILES string of the molecule is CNc1nc(Cl)nc(OC2CCN(C)CC2)n1. The second-order valence-corrected chi connectivity index (χ2v) is 4.42. The van der Waals surface area contributed by atoms with Crippen LogP contribution in [-0.4, -0.2) is 53.1 Å². The zero-order chi connectivity index (χ0) is 12.3. The topological polar surface area (TPSA) is 63.2 Å². The molecule has 0 radical (unpaired) electrons. The minimum absolute atomic E-state index is 0.146. The number of nitrogens with zero attached hydrogens (tertiary/aromatic N) is 4. The molecule has 1 aliphatic heterocycles. The van der Waals surface area contributed by atoms with Crippen LogP contribution in [0.5, 0.6) is 6.01 Å². The van der Waals surface area contributed by atoms with Gasteiger partial charge < -0.3 is 15.0 Å². The zero-order valence-corrected chi connectivity index (χ0v) is 10.7. The number of aromatic nitrogens is 3. The van der Waals surface area contributed by atoms with Crippen LogP contribution in [0.2, 0.25) is 5.28 Å². The number of hydrogen-bond acceptors (Lipinski definition) is 6. The average Bonchev–Trinajstić information content (AvgIpc) is 2.31. The molecule has 7 heteroatoms. The molecule has 0 amide bonds. The molecule has 2 rings (SSSR count). The largest absolute Gasteiger partial charge is 0.460 e. The standard InChI is InChI=1S/C10H16ClN5O/c1-12-9-13-8(11)14-10(15-9)17-7-3-5-16(2)6-4-7/h7H,3-6H2,1-2H3,(H,12,13,14,15). The molecule has 2 heterocycles. The first-order chi connectivity index (χ1) is 8.17. The Labute approximate surface area is 105 Å². The van der Waals surface area contributed by atoms with Gasteiger partial charge in [-0.2, -0.15) is 15.0 Å². The number of piperidine rings is 1. The van der Waals surface area contributed by atoms with Gasteiger partial charge in [0.05, 0.1) is 0 Å². The summed E-state index contributed by atoms with van der Waals surface area (Å²) in [6.07, 6.45) is 2.12. The van der Waals surface area contributed by atoms with E-state index in [1.165, 1.54) is 0 Å². The van der Waals surface area contributed by atoms with Crippen molar-refractivity contribution in [3.8, 4) is 6.01 Å². The first-order valence-corrected chi connectivity index (χ1v) is 5.99. The molecule has 94 valence electrons. The van der Waals surface area contributed by atoms with Crippen molar-refractivity contribution < 1.29 is 4.74 Å². The summed E-state index contributed by atoms with van der Waals surface area (Å²) in [7, 11) is 3.83. The monoisotopic (exact) mass is 257 g/mol. The van der Waals surface area contributed by atoms with Crippen molar-refractivity contribution >= 4 is 17.5 Å². The number of nitrogens with one attached hydrogen (secondary N) is 1. The van der Waals surface area contributed by atoms with E-state index in [0.717, 1.165) is 25.9 Å². The molecular weight excluding hydrogens is 242 g/mol. The number of anilines is 1. The maximum atomic E-state index is 5.78. The van der Waals surface area contributed by atoms with Crippen LogP contribution in [0, 0.1) is 0 Å². The van der Waals surface area contributed by atoms with E-state index in [4.69, 9.17) is 16.3 Å². The van der Waals surface area contributed by atoms with Gasteiger partial charge in [-0.05, 0) is 31.5 Å². The molecule has 0 aliphatic carbocycles. The molecule has 0 spiro atoms. The van der Waals surface area contributed by atoms with Gasteiger partial charge in [-0.15, -0.1) is 0 Å². The van der Waals surface area contributed by atoms with E-state index in [9.17, 15) is 0 Å². The van der Waals surface area contributed by atoms with Gasteiger partial charge in [-0.1, -0.05) is 0 Å². The summed E-state index contributed by atoms with van der Waals surface area (Å²) < 4.78 is 5.71. The fourth-order valence-electron chi connectivity index (χ4n) is 1.75. The van der Waals surface area contributed by atoms with Crippen molar-refractivity contribution in [3.63, 3.8) is 0 Å². The van der Waals surface area contributed by atoms with Crippen LogP contribution in [0.15, 0.2) is 0 Å². The molecule has 1 fully saturated rings. The Morgan fingerprint density at radius 2 is 2.00 bits per heavy atom. The van der Waals surface area contributed by atoms with Crippen molar-refractivity contribution in [1.29, 1.82) is 0 Å². The summed E-state index contributed by atoms with van der Waals surface area (Å²) in [6.45, 7) is 2.06. The second kappa shape index (κ2) is 5.46. The smallest absolute Gasteiger partial charge is 0.322 e. The van der Waals surface area contributed by atoms with Gasteiger partial charge in [-0.25, -0.2) is 0 Å². The van der Waals surface area contributed by atoms with Gasteiger partial charge in [0, 0.05) is 20.1 Å². The number of ether oxygens (including phenoxy) is 1. The Hall–Kier alpha value is -1.14. The molecule has 17 heavy (non-hydrogen) atoms. The highest BCUT2D eigenvalue weighted by Crippen LogP contribution is 2.17. The van der Waals surface area contributed by atoms with Gasteiger partial charge >= 0.3 is 6.01 Å². The molecule has 0 aromatic carbocycles. The Morgan fingerprint density at radius 1 is 1.29 bits per heavy atom. The van der Waals surface area contributed by atoms with Gasteiger partial charge in [0.25, 0.3) is 0 Å². The molecular formula is C10H16ClN5O. The second-order valence-electron chi connectivity index (χ2n) is 4.08. The summed E-state index contributed by atoms with van der Waals surface area (Å²) in [5, 5.41) is 2.96. The molecule has 0 atom stereocenters. The van der Waals surface area contributed by atoms with Gasteiger partial charge in [0.15, 0.2) is 0 Å². The molecule has 0 unspecified atom stereocenters. The minimum atomic E-state index is 0.146. The number of halogens is 1. The van der Waals surface area contributed by atoms with E-state index in [-0.39, 0.29) is 11.4 Å². The maximum Gasteiger partial charge on any atom is 0.322 e. The number of likely N-dealkylation sites (tertiary alicyclic amines) is 1. The van der Waals surface area contributed by atoms with Crippen molar-refractivity contribution in [2.75, 3.05) is 32.5 Å². The summed E-state index contributed by atoms with van der Waals surface area (Å²) >= 11 is 5.78. The van der Waals surface area contributed by atoms with Crippen molar-refractivity contribution in [1.82, 2.24) is 19.9 Å². The highest BCUT2D eigenvalue weighted by atomic mass is 35.5. The van der Waals surface area contributed by atoms with Crippen LogP contribution in [0.1, 0.15) is 12.8 Å². The molecule has 0 bridgehead atoms. The van der Waals surface area contributed by atoms with E-state index in [1.807, 2.05) is 0 Å². The Bertz CT molecular complexity index is 381. The lowest BCUT2D eigenvalue weighted by atomic mass is 10.1. The van der Waals surface area contributed by atoms with Gasteiger partial charge in [0.2, 0.25) is 11.2 Å². The van der Waals surface area contributed by atoms with E-state index in [1.54, 1.807) is 7.05 Å². The quantitative estimate of drug-likeness (QED) is 0.873. The van der Waals surface area contributed by atoms with E-state index in [0.29, 0.717) is 12.0 Å². The lowest BCUT2D eigenvalue weighted by Crippen LogP contribution is -2.36. The summed E-state index contributed by atoms with van der Waals surface area (Å²) in [5.41, 5.74) is 0. The van der Waals surface area contributed by atoms with Crippen LogP contribution in [0.4, 0.5) is 5.95 Å². The highest BCUT2D eigenvalue weighted by Gasteiger charge is 2.19. The fraction of sp³-hybridized carbons (Fsp3) is 0.700. The molecule has 0 saturated carbocycles. The van der Waals surface area contributed by atoms with Gasteiger partial charge in [0.1, 0.15) is 6.10 Å². The van der Waals surface area contributed by atoms with Crippen LogP contribution in [0.25, 0.3) is 0 Å². The lowest BCUT2D eigenvalue weighted by Gasteiger charge is -2.28. The highest BCUT2D eigenvalue weighted by molar-refractivity contribution is 6.28. The summed E-state index contributed by atoms with van der Waals surface area (Å²) in [4.78, 5) is 14.3. The van der Waals surface area contributed by atoms with Crippen molar-refractivity contribution in [2.45, 2.75) is 18.9 Å². The minimum Gasteiger partial charge on any atom is -0.460 e. The summed E-state index contributed by atoms with van der Waals surface area (Å²) in [5.74, 6) is 0.424. The maximum absolute atomic E-state index is 5.78. The molecule has 1 aromatic heterocycles. The van der Waals surface area contributed by atoms with E-state index < -0.39 is 0 Å². The molecule has 1 saturated heterocycles. The van der Waals surface area contributed by atoms with E-state index in [2.05, 4.69) is 32.2 Å². The summed E-state index contributed by atoms with van der Waals surface area (Å²) in [6, 6.07) is 0.295. The predicted octanol–water partition coefficient (Wildman–Crippen LogP) is 1.04. The van der Waals surface area contributed by atoms with Gasteiger partial charge in [-0.3, -0.25) is 0 Å². The molecule has 6 nitrogen and oxygen atoms in total. The Morgan fingerprint density at radius 3 is 2.65 bits per heavy atom. The third-order valence-corrected chi connectivity index (χ3v) is 2.92. The molecule has 1 aliphatic rings. The first-order valence-electron chi connectivity index (χ1n) is 5.62. The average molecular weight is 258 g/mol. The number of hydrogen-bond donors (Lipinski definition) is 1. The third-order valence-electron chi connectivity index (χ3n) is 2.75. The molecule has 1 N–H and O–H groups in total. The first kappa shape index (κ1) is 12.3. The Balaban J connectivity index is 2.00. The van der Waals surface area contributed by atoms with E-state index >= 15 is 0 Å². The van der Waals surface area contributed by atoms with Crippen LogP contribution in [-0.2, 0) is 0 Å². The fourth-order valence-corrected chi connectivity index (χ4v) is 1.90. The predicted molar refractivity (Wildman–Crippen MR) is 65.5 cm³/mol. The Kier molecular flexibility index (Phi) is 3.96. The number of rotatable bonds is 3. The molecule has 1 aromatic rings. The van der Waals surface area contributed by atoms with Crippen LogP contribution < -0.4 is 10.1 Å².